The summed E-state index contributed by atoms with van der Waals surface area (Å²) in [5.41, 5.74) is 3.01. The van der Waals surface area contributed by atoms with Crippen molar-refractivity contribution in [2.24, 2.45) is 0 Å². The van der Waals surface area contributed by atoms with Gasteiger partial charge in [0, 0.05) is 8.92 Å². The van der Waals surface area contributed by atoms with E-state index in [9.17, 15) is 4.79 Å². The molecule has 2 aromatic carbocycles. The molecule has 0 spiro atoms. The highest BCUT2D eigenvalue weighted by molar-refractivity contribution is 6.62. The predicted octanol–water partition coefficient (Wildman–Crippen LogP) is 5.56. The van der Waals surface area contributed by atoms with Crippen LogP contribution in [0.2, 0.25) is 5.02 Å². The number of aromatic nitrogens is 2. The van der Waals surface area contributed by atoms with Gasteiger partial charge < -0.3 is 19.4 Å². The average Bonchev–Trinajstić information content (AvgIpc) is 3.31. The molecule has 2 saturated heterocycles. The molecule has 8 nitrogen and oxygen atoms in total. The number of carbonyl (C=O) groups excluding carboxylic acids is 1. The average molecular weight is 527 g/mol. The van der Waals surface area contributed by atoms with E-state index in [0.29, 0.717) is 29.7 Å². The van der Waals surface area contributed by atoms with Crippen molar-refractivity contribution >= 4 is 41.7 Å². The number of ether oxygens (including phenoxy) is 1. The summed E-state index contributed by atoms with van der Waals surface area (Å²) in [6.45, 7) is 13.3. The van der Waals surface area contributed by atoms with Crippen LogP contribution in [0.5, 0.6) is 0 Å². The highest BCUT2D eigenvalue weighted by Gasteiger charge is 2.51. The maximum atomic E-state index is 13.0. The number of hydrogen-bond acceptors (Lipinski definition) is 5. The Kier molecular flexibility index (Phi) is 6.39. The van der Waals surface area contributed by atoms with Crippen molar-refractivity contribution in [2.45, 2.75) is 58.2 Å². The van der Waals surface area contributed by atoms with Crippen LogP contribution in [0.3, 0.4) is 0 Å². The Morgan fingerprint density at radius 3 is 2.22 bits per heavy atom. The molecule has 1 aromatic heterocycles. The lowest BCUT2D eigenvalue weighted by molar-refractivity contribution is -0.0522. The van der Waals surface area contributed by atoms with Crippen molar-refractivity contribution in [1.29, 1.82) is 0 Å². The maximum absolute atomic E-state index is 13.0. The van der Waals surface area contributed by atoms with E-state index in [2.05, 4.69) is 17.6 Å². The van der Waals surface area contributed by atoms with E-state index < -0.39 is 24.4 Å². The normalized spacial score (nSPS) is 19.4. The lowest BCUT2D eigenvalue weighted by Gasteiger charge is -2.36. The summed E-state index contributed by atoms with van der Waals surface area (Å²) in [5, 5.41) is 11.0. The van der Waals surface area contributed by atoms with Crippen molar-refractivity contribution in [2.75, 3.05) is 23.8 Å². The van der Waals surface area contributed by atoms with Crippen LogP contribution in [0.1, 0.15) is 48.7 Å². The summed E-state index contributed by atoms with van der Waals surface area (Å²) >= 11 is 6.54. The summed E-state index contributed by atoms with van der Waals surface area (Å²) in [5.74, 6) is 0.550. The molecule has 0 saturated carbocycles. The highest BCUT2D eigenvalue weighted by atomic mass is 35.5. The van der Waals surface area contributed by atoms with E-state index in [-0.39, 0.29) is 8.27 Å². The number of nitrogens with zero attached hydrogens (tertiary/aromatic N) is 2. The second-order valence-corrected chi connectivity index (χ2v) is 11.5. The highest BCUT2D eigenvalue weighted by Crippen LogP contribution is 2.37. The Morgan fingerprint density at radius 1 is 1.00 bits per heavy atom. The number of carbonyl (C=O) groups is 1. The minimum Gasteiger partial charge on any atom is -0.399 e. The van der Waals surface area contributed by atoms with Gasteiger partial charge in [-0.05, 0) is 71.3 Å². The van der Waals surface area contributed by atoms with Crippen molar-refractivity contribution in [3.8, 4) is 5.69 Å². The Labute approximate surface area is 225 Å². The maximum Gasteiger partial charge on any atom is 0.494 e. The van der Waals surface area contributed by atoms with Gasteiger partial charge in [0.15, 0.2) is 0 Å². The first-order valence-corrected chi connectivity index (χ1v) is 12.7. The molecule has 10 heteroatoms. The quantitative estimate of drug-likeness (QED) is 0.425. The number of benzene rings is 2. The molecule has 0 unspecified atom stereocenters. The van der Waals surface area contributed by atoms with Crippen molar-refractivity contribution in [1.82, 2.24) is 9.78 Å². The van der Waals surface area contributed by atoms with E-state index >= 15 is 0 Å². The van der Waals surface area contributed by atoms with Gasteiger partial charge in [-0.3, -0.25) is 5.32 Å². The van der Waals surface area contributed by atoms with Gasteiger partial charge in [-0.1, -0.05) is 35.4 Å². The number of halogens is 1. The molecule has 0 radical (unpaired) electrons. The summed E-state index contributed by atoms with van der Waals surface area (Å²) in [6.07, 6.45) is 0. The van der Waals surface area contributed by atoms with Crippen LogP contribution in [-0.2, 0) is 19.5 Å². The molecule has 37 heavy (non-hydrogen) atoms. The summed E-state index contributed by atoms with van der Waals surface area (Å²) in [4.78, 5) is 13.0. The minimum atomic E-state index is -0.537. The van der Waals surface area contributed by atoms with Crippen LogP contribution in [0, 0.1) is 6.92 Å². The van der Waals surface area contributed by atoms with Gasteiger partial charge in [0.2, 0.25) is 0 Å². The van der Waals surface area contributed by atoms with Crippen molar-refractivity contribution in [3.63, 3.8) is 0 Å². The number of nitrogens with one attached hydrogen (secondary N) is 2. The van der Waals surface area contributed by atoms with Gasteiger partial charge in [0.1, 0.15) is 5.82 Å². The fourth-order valence-electron chi connectivity index (χ4n) is 4.23. The number of urea groups is 1. The van der Waals surface area contributed by atoms with Crippen LogP contribution in [0.15, 0.2) is 48.5 Å². The zero-order valence-electron chi connectivity index (χ0n) is 22.0. The second-order valence-electron chi connectivity index (χ2n) is 11.1. The lowest BCUT2D eigenvalue weighted by Crippen LogP contribution is -2.44. The van der Waals surface area contributed by atoms with Gasteiger partial charge in [0.25, 0.3) is 0 Å². The van der Waals surface area contributed by atoms with Crippen LogP contribution >= 0.6 is 11.6 Å². The fourth-order valence-corrected chi connectivity index (χ4v) is 4.47. The van der Waals surface area contributed by atoms with E-state index in [4.69, 9.17) is 30.7 Å². The molecule has 0 atom stereocenters. The molecule has 2 amide bonds. The third-order valence-corrected chi connectivity index (χ3v) is 7.77. The lowest BCUT2D eigenvalue weighted by atomic mass is 9.79. The van der Waals surface area contributed by atoms with Crippen molar-refractivity contribution < 1.29 is 21.7 Å². The monoisotopic (exact) mass is 526 g/mol. The van der Waals surface area contributed by atoms with E-state index in [0.717, 1.165) is 22.4 Å². The Balaban J connectivity index is 0.00000210. The molecule has 198 valence electrons. The molecule has 3 aromatic rings. The molecular formula is C27H36BClN4O4. The first-order chi connectivity index (χ1) is 17.4. The summed E-state index contributed by atoms with van der Waals surface area (Å²) in [7, 11) is -0.537. The van der Waals surface area contributed by atoms with Crippen LogP contribution in [0.25, 0.3) is 5.69 Å². The fraction of sp³-hybridized carbons (Fsp3) is 0.407. The second kappa shape index (κ2) is 9.17. The number of amides is 2. The zero-order valence-corrected chi connectivity index (χ0v) is 22.8. The molecule has 2 N–H and O–H groups in total. The summed E-state index contributed by atoms with van der Waals surface area (Å²) in [6, 6.07) is 14.8. The number of aryl methyl sites for hydroxylation is 1. The van der Waals surface area contributed by atoms with Crippen LogP contribution in [0.4, 0.5) is 16.3 Å². The molecule has 0 bridgehead atoms. The third-order valence-electron chi connectivity index (χ3n) is 7.46. The number of rotatable bonds is 5. The Hall–Kier alpha value is -2.85. The van der Waals surface area contributed by atoms with Crippen LogP contribution < -0.4 is 16.1 Å². The topological polar surface area (TPSA) is 86.6 Å². The Morgan fingerprint density at radius 2 is 1.65 bits per heavy atom. The minimum absolute atomic E-state index is 0. The summed E-state index contributed by atoms with van der Waals surface area (Å²) < 4.78 is 19.4. The molecule has 5 rings (SSSR count). The molecule has 2 fully saturated rings. The first kappa shape index (κ1) is 25.8. The standard InChI is InChI=1S/C27H32BClN4O4.2H2/c1-17-7-10-19(11-8-17)33-23(14-22(32-33)27(6)15-35-16-27)31-24(34)30-21-12-9-18(13-20(21)29)28-36-25(2,3)26(4,5)37-28;;/h7-14H,15-16H2,1-6H3,(H2,30,31,34);2*1H. The molecule has 2 aliphatic rings. The van der Waals surface area contributed by atoms with E-state index in [1.54, 1.807) is 16.8 Å². The molecule has 0 aliphatic carbocycles. The van der Waals surface area contributed by atoms with Gasteiger partial charge in [0.05, 0.1) is 51.9 Å². The van der Waals surface area contributed by atoms with Gasteiger partial charge in [-0.2, -0.15) is 5.10 Å². The third kappa shape index (κ3) is 4.89. The van der Waals surface area contributed by atoms with Gasteiger partial charge in [-0.25, -0.2) is 9.48 Å². The van der Waals surface area contributed by atoms with Gasteiger partial charge in [-0.15, -0.1) is 0 Å². The van der Waals surface area contributed by atoms with Crippen molar-refractivity contribution in [3.05, 3.63) is 64.8 Å². The van der Waals surface area contributed by atoms with Gasteiger partial charge >= 0.3 is 13.1 Å². The number of anilines is 2. The SMILES string of the molecule is Cc1ccc(-n2nc(C3(C)COC3)cc2NC(=O)Nc2ccc(B3OC(C)(C)C(C)(C)O3)cc2Cl)cc1.[HH].[HH]. The smallest absolute Gasteiger partial charge is 0.399 e. The molecule has 3 heterocycles. The van der Waals surface area contributed by atoms with Crippen LogP contribution in [-0.4, -0.2) is 47.3 Å². The first-order valence-electron chi connectivity index (χ1n) is 12.4. The largest absolute Gasteiger partial charge is 0.494 e. The Bertz CT molecular complexity index is 1330. The number of hydrogen-bond donors (Lipinski definition) is 2. The predicted molar refractivity (Wildman–Crippen MR) is 151 cm³/mol. The molecular weight excluding hydrogens is 491 g/mol. The zero-order chi connectivity index (χ0) is 26.6. The molecule has 2 aliphatic heterocycles. The van der Waals surface area contributed by atoms with E-state index in [1.165, 1.54) is 0 Å². The van der Waals surface area contributed by atoms with E-state index in [1.807, 2.05) is 71.0 Å².